The molecule has 0 heterocycles. The highest BCUT2D eigenvalue weighted by molar-refractivity contribution is 9.10. The number of hydrogen-bond donors (Lipinski definition) is 1. The zero-order chi connectivity index (χ0) is 18.4. The van der Waals surface area contributed by atoms with Crippen LogP contribution in [-0.4, -0.2) is 30.6 Å². The van der Waals surface area contributed by atoms with Gasteiger partial charge in [-0.15, -0.1) is 0 Å². The first kappa shape index (κ1) is 18.7. The lowest BCUT2D eigenvalue weighted by Crippen LogP contribution is -2.10. The maximum atomic E-state index is 13.7. The van der Waals surface area contributed by atoms with Crippen molar-refractivity contribution in [2.24, 2.45) is 0 Å². The van der Waals surface area contributed by atoms with Gasteiger partial charge in [0.05, 0.1) is 7.11 Å². The Hall–Kier alpha value is -2.67. The fourth-order valence-electron chi connectivity index (χ4n) is 1.98. The SMILES string of the molecule is COc1cc(C(=O)C=Cc2ccc(Br)cc2F)ccc1OCC(=O)O. The van der Waals surface area contributed by atoms with Gasteiger partial charge >= 0.3 is 5.97 Å². The number of benzene rings is 2. The van der Waals surface area contributed by atoms with Crippen molar-refractivity contribution in [1.29, 1.82) is 0 Å². The summed E-state index contributed by atoms with van der Waals surface area (Å²) in [6.07, 6.45) is 2.63. The lowest BCUT2D eigenvalue weighted by molar-refractivity contribution is -0.139. The minimum atomic E-state index is -1.12. The van der Waals surface area contributed by atoms with Gasteiger partial charge in [-0.3, -0.25) is 4.79 Å². The molecule has 0 bridgehead atoms. The number of carbonyl (C=O) groups is 2. The second-order valence-electron chi connectivity index (χ2n) is 4.91. The van der Waals surface area contributed by atoms with Gasteiger partial charge in [-0.1, -0.05) is 22.0 Å². The fraction of sp³-hybridized carbons (Fsp3) is 0.111. The molecule has 2 rings (SSSR count). The zero-order valence-electron chi connectivity index (χ0n) is 13.2. The van der Waals surface area contributed by atoms with Gasteiger partial charge in [-0.05, 0) is 42.5 Å². The normalized spacial score (nSPS) is 10.7. The summed E-state index contributed by atoms with van der Waals surface area (Å²) >= 11 is 3.16. The van der Waals surface area contributed by atoms with E-state index >= 15 is 0 Å². The van der Waals surface area contributed by atoms with Gasteiger partial charge in [-0.25, -0.2) is 9.18 Å². The smallest absolute Gasteiger partial charge is 0.341 e. The van der Waals surface area contributed by atoms with E-state index in [2.05, 4.69) is 15.9 Å². The summed E-state index contributed by atoms with van der Waals surface area (Å²) in [5.74, 6) is -1.49. The van der Waals surface area contributed by atoms with E-state index in [4.69, 9.17) is 14.6 Å². The third-order valence-electron chi connectivity index (χ3n) is 3.18. The summed E-state index contributed by atoms with van der Waals surface area (Å²) in [6.45, 7) is -0.521. The highest BCUT2D eigenvalue weighted by atomic mass is 79.9. The van der Waals surface area contributed by atoms with E-state index in [1.165, 1.54) is 43.5 Å². The van der Waals surface area contributed by atoms with Crippen LogP contribution in [0.4, 0.5) is 4.39 Å². The Bertz CT molecular complexity index is 832. The maximum absolute atomic E-state index is 13.7. The molecule has 0 spiro atoms. The molecule has 7 heteroatoms. The van der Waals surface area contributed by atoms with E-state index in [-0.39, 0.29) is 22.8 Å². The number of carbonyl (C=O) groups excluding carboxylic acids is 1. The Labute approximate surface area is 151 Å². The van der Waals surface area contributed by atoms with Crippen molar-refractivity contribution < 1.29 is 28.6 Å². The first-order chi connectivity index (χ1) is 11.9. The van der Waals surface area contributed by atoms with E-state index in [1.54, 1.807) is 12.1 Å². The Balaban J connectivity index is 2.18. The summed E-state index contributed by atoms with van der Waals surface area (Å²) < 4.78 is 24.5. The Kier molecular flexibility index (Phi) is 6.30. The minimum absolute atomic E-state index is 0.212. The lowest BCUT2D eigenvalue weighted by Gasteiger charge is -2.10. The van der Waals surface area contributed by atoms with Crippen LogP contribution in [0.2, 0.25) is 0 Å². The largest absolute Gasteiger partial charge is 0.493 e. The molecule has 0 atom stereocenters. The first-order valence-corrected chi connectivity index (χ1v) is 7.90. The van der Waals surface area contributed by atoms with Gasteiger partial charge in [0.15, 0.2) is 23.9 Å². The molecule has 2 aromatic rings. The van der Waals surface area contributed by atoms with Crippen molar-refractivity contribution in [1.82, 2.24) is 0 Å². The van der Waals surface area contributed by atoms with E-state index < -0.39 is 18.4 Å². The molecule has 0 unspecified atom stereocenters. The molecule has 0 aliphatic heterocycles. The molecule has 0 saturated heterocycles. The molecule has 0 amide bonds. The number of carboxylic acids is 1. The summed E-state index contributed by atoms with van der Waals surface area (Å²) in [4.78, 5) is 22.8. The van der Waals surface area contributed by atoms with Gasteiger partial charge in [0, 0.05) is 15.6 Å². The fourth-order valence-corrected chi connectivity index (χ4v) is 2.31. The molecule has 0 fully saturated rings. The quantitative estimate of drug-likeness (QED) is 0.554. The van der Waals surface area contributed by atoms with Gasteiger partial charge in [-0.2, -0.15) is 0 Å². The molecule has 1 N–H and O–H groups in total. The Morgan fingerprint density at radius 2 is 1.96 bits per heavy atom. The molecule has 25 heavy (non-hydrogen) atoms. The number of rotatable bonds is 7. The van der Waals surface area contributed by atoms with Crippen molar-refractivity contribution in [2.75, 3.05) is 13.7 Å². The number of carboxylic acid groups (broad SMARTS) is 1. The molecule has 130 valence electrons. The van der Waals surface area contributed by atoms with Crippen molar-refractivity contribution in [3.05, 3.63) is 63.9 Å². The summed E-state index contributed by atoms with van der Waals surface area (Å²) in [6, 6.07) is 8.88. The van der Waals surface area contributed by atoms with E-state index in [0.717, 1.165) is 0 Å². The summed E-state index contributed by atoms with van der Waals surface area (Å²) in [5, 5.41) is 8.64. The predicted octanol–water partition coefficient (Wildman–Crippen LogP) is 3.96. The van der Waals surface area contributed by atoms with Crippen LogP contribution in [0.15, 0.2) is 46.9 Å². The number of hydrogen-bond acceptors (Lipinski definition) is 4. The number of ether oxygens (including phenoxy) is 2. The molecule has 0 radical (unpaired) electrons. The average molecular weight is 409 g/mol. The van der Waals surface area contributed by atoms with Crippen LogP contribution in [0.5, 0.6) is 11.5 Å². The zero-order valence-corrected chi connectivity index (χ0v) is 14.7. The molecule has 5 nitrogen and oxygen atoms in total. The van der Waals surface area contributed by atoms with Crippen molar-refractivity contribution in [2.45, 2.75) is 0 Å². The van der Waals surface area contributed by atoms with Crippen LogP contribution in [0.1, 0.15) is 15.9 Å². The lowest BCUT2D eigenvalue weighted by atomic mass is 10.1. The van der Waals surface area contributed by atoms with Crippen LogP contribution in [0.3, 0.4) is 0 Å². The molecular formula is C18H14BrFO5. The van der Waals surface area contributed by atoms with E-state index in [0.29, 0.717) is 10.0 Å². The second-order valence-corrected chi connectivity index (χ2v) is 5.83. The molecule has 0 saturated carbocycles. The topological polar surface area (TPSA) is 72.8 Å². The van der Waals surface area contributed by atoms with Gasteiger partial charge < -0.3 is 14.6 Å². The second kappa shape index (κ2) is 8.43. The van der Waals surface area contributed by atoms with E-state index in [9.17, 15) is 14.0 Å². The van der Waals surface area contributed by atoms with Crippen molar-refractivity contribution >= 4 is 33.8 Å². The monoisotopic (exact) mass is 408 g/mol. The molecular weight excluding hydrogens is 395 g/mol. The van der Waals surface area contributed by atoms with Crippen LogP contribution in [0, 0.1) is 5.82 Å². The third kappa shape index (κ3) is 5.15. The van der Waals surface area contributed by atoms with Crippen LogP contribution >= 0.6 is 15.9 Å². The van der Waals surface area contributed by atoms with Crippen LogP contribution in [-0.2, 0) is 4.79 Å². The third-order valence-corrected chi connectivity index (χ3v) is 3.67. The number of aliphatic carboxylic acids is 1. The van der Waals surface area contributed by atoms with Gasteiger partial charge in [0.2, 0.25) is 0 Å². The number of allylic oxidation sites excluding steroid dienone is 1. The molecule has 2 aromatic carbocycles. The maximum Gasteiger partial charge on any atom is 0.341 e. The standard InChI is InChI=1S/C18H14BrFO5/c1-24-17-8-12(4-7-16(17)25-10-18(22)23)15(21)6-3-11-2-5-13(19)9-14(11)20/h2-9H,10H2,1H3,(H,22,23). The Morgan fingerprint density at radius 1 is 1.20 bits per heavy atom. The van der Waals surface area contributed by atoms with Gasteiger partial charge in [0.25, 0.3) is 0 Å². The average Bonchev–Trinajstić information content (AvgIpc) is 2.58. The number of halogens is 2. The summed E-state index contributed by atoms with van der Waals surface area (Å²) in [7, 11) is 1.38. The summed E-state index contributed by atoms with van der Waals surface area (Å²) in [5.41, 5.74) is 0.582. The predicted molar refractivity (Wildman–Crippen MR) is 93.6 cm³/mol. The molecule has 0 aliphatic carbocycles. The Morgan fingerprint density at radius 3 is 2.60 bits per heavy atom. The number of ketones is 1. The van der Waals surface area contributed by atoms with Crippen molar-refractivity contribution in [3.8, 4) is 11.5 Å². The molecule has 0 aliphatic rings. The first-order valence-electron chi connectivity index (χ1n) is 7.11. The number of methoxy groups -OCH3 is 1. The highest BCUT2D eigenvalue weighted by Gasteiger charge is 2.11. The molecule has 0 aromatic heterocycles. The van der Waals surface area contributed by atoms with E-state index in [1.807, 2.05) is 0 Å². The highest BCUT2D eigenvalue weighted by Crippen LogP contribution is 2.28. The van der Waals surface area contributed by atoms with Crippen LogP contribution < -0.4 is 9.47 Å². The van der Waals surface area contributed by atoms with Crippen LogP contribution in [0.25, 0.3) is 6.08 Å². The van der Waals surface area contributed by atoms with Crippen molar-refractivity contribution in [3.63, 3.8) is 0 Å². The minimum Gasteiger partial charge on any atom is -0.493 e. The van der Waals surface area contributed by atoms with Gasteiger partial charge in [0.1, 0.15) is 5.82 Å².